The largest absolute Gasteiger partial charge is 0.451 e. The maximum Gasteiger partial charge on any atom is 0.339 e. The van der Waals surface area contributed by atoms with Crippen molar-refractivity contribution in [1.29, 1.82) is 0 Å². The Morgan fingerprint density at radius 2 is 1.94 bits per heavy atom. The van der Waals surface area contributed by atoms with Crippen molar-refractivity contribution in [3.05, 3.63) is 29.3 Å². The maximum absolute atomic E-state index is 11.5. The number of benzene rings is 1. The van der Waals surface area contributed by atoms with Crippen LogP contribution in [0.3, 0.4) is 0 Å². The predicted molar refractivity (Wildman–Crippen MR) is 57.9 cm³/mol. The lowest BCUT2D eigenvalue weighted by Gasteiger charge is -2.17. The van der Waals surface area contributed by atoms with E-state index in [1.54, 1.807) is 19.9 Å². The number of rotatable bonds is 1. The summed E-state index contributed by atoms with van der Waals surface area (Å²) in [5.41, 5.74) is 0.203. The van der Waals surface area contributed by atoms with Crippen LogP contribution < -0.4 is 0 Å². The number of cyclic esters (lactones) is 1. The molecule has 0 bridgehead atoms. The molecule has 0 aliphatic carbocycles. The summed E-state index contributed by atoms with van der Waals surface area (Å²) in [5, 5.41) is 0. The molecule has 0 aromatic heterocycles. The highest BCUT2D eigenvalue weighted by molar-refractivity contribution is 8.13. The van der Waals surface area contributed by atoms with E-state index in [1.165, 1.54) is 12.1 Å². The second-order valence-electron chi connectivity index (χ2n) is 4.05. The number of hydrogen-bond acceptors (Lipinski definition) is 4. The summed E-state index contributed by atoms with van der Waals surface area (Å²) in [5.74, 6) is -0.526. The molecule has 0 N–H and O–H groups in total. The van der Waals surface area contributed by atoms with Crippen LogP contribution in [0.15, 0.2) is 23.1 Å². The fourth-order valence-electron chi connectivity index (χ4n) is 1.71. The van der Waals surface area contributed by atoms with Crippen molar-refractivity contribution in [2.45, 2.75) is 24.3 Å². The highest BCUT2D eigenvalue weighted by atomic mass is 35.7. The molecule has 0 unspecified atom stereocenters. The van der Waals surface area contributed by atoms with E-state index in [2.05, 4.69) is 0 Å². The van der Waals surface area contributed by atoms with Gasteiger partial charge in [-0.05, 0) is 26.0 Å². The van der Waals surface area contributed by atoms with E-state index in [-0.39, 0.29) is 10.5 Å². The van der Waals surface area contributed by atoms with Crippen LogP contribution in [0.25, 0.3) is 0 Å². The van der Waals surface area contributed by atoms with Crippen LogP contribution in [-0.2, 0) is 19.4 Å². The molecule has 6 heteroatoms. The van der Waals surface area contributed by atoms with Crippen LogP contribution in [0.4, 0.5) is 0 Å². The number of hydrogen-bond donors (Lipinski definition) is 0. The van der Waals surface area contributed by atoms with Crippen LogP contribution in [0.1, 0.15) is 29.8 Å². The Bertz CT molecular complexity index is 574. The number of fused-ring (bicyclic) bond motifs is 1. The fourth-order valence-corrected chi connectivity index (χ4v) is 2.49. The Morgan fingerprint density at radius 1 is 1.31 bits per heavy atom. The van der Waals surface area contributed by atoms with E-state index in [1.807, 2.05) is 0 Å². The molecule has 1 aliphatic rings. The summed E-state index contributed by atoms with van der Waals surface area (Å²) < 4.78 is 27.3. The van der Waals surface area contributed by atoms with Gasteiger partial charge in [-0.15, -0.1) is 0 Å². The van der Waals surface area contributed by atoms with E-state index in [9.17, 15) is 13.2 Å². The second kappa shape index (κ2) is 3.21. The topological polar surface area (TPSA) is 60.4 Å². The van der Waals surface area contributed by atoms with Gasteiger partial charge in [0, 0.05) is 16.2 Å². The third-order valence-electron chi connectivity index (χ3n) is 2.49. The van der Waals surface area contributed by atoms with Gasteiger partial charge < -0.3 is 4.74 Å². The van der Waals surface area contributed by atoms with Gasteiger partial charge in [0.25, 0.3) is 9.05 Å². The van der Waals surface area contributed by atoms with Crippen LogP contribution in [0.2, 0.25) is 0 Å². The zero-order chi connectivity index (χ0) is 12.1. The van der Waals surface area contributed by atoms with E-state index in [0.29, 0.717) is 5.56 Å². The van der Waals surface area contributed by atoms with E-state index < -0.39 is 20.6 Å². The molecule has 1 heterocycles. The van der Waals surface area contributed by atoms with Crippen molar-refractivity contribution in [3.8, 4) is 0 Å². The average molecular weight is 261 g/mol. The highest BCUT2D eigenvalue weighted by Gasteiger charge is 2.38. The molecule has 0 fully saturated rings. The second-order valence-corrected chi connectivity index (χ2v) is 6.61. The minimum absolute atomic E-state index is 0.0948. The normalized spacial score (nSPS) is 18.1. The molecule has 86 valence electrons. The van der Waals surface area contributed by atoms with Crippen molar-refractivity contribution >= 4 is 25.7 Å². The van der Waals surface area contributed by atoms with Crippen molar-refractivity contribution in [2.24, 2.45) is 0 Å². The molecule has 0 saturated carbocycles. The molecular weight excluding hydrogens is 252 g/mol. The Labute approximate surface area is 97.6 Å². The minimum Gasteiger partial charge on any atom is -0.451 e. The SMILES string of the molecule is CC1(C)OC(=O)c2cc(S(=O)(=O)Cl)ccc21. The molecule has 1 aromatic carbocycles. The van der Waals surface area contributed by atoms with E-state index in [0.717, 1.165) is 0 Å². The smallest absolute Gasteiger partial charge is 0.339 e. The number of halogens is 1. The standard InChI is InChI=1S/C10H9ClO4S/c1-10(2)8-4-3-6(16(11,13)14)5-7(8)9(12)15-10/h3-5H,1-2H3. The lowest BCUT2D eigenvalue weighted by atomic mass is 9.96. The minimum atomic E-state index is -3.82. The predicted octanol–water partition coefficient (Wildman–Crippen LogP) is 2.02. The fraction of sp³-hybridized carbons (Fsp3) is 0.300. The zero-order valence-corrected chi connectivity index (χ0v) is 10.2. The third-order valence-corrected chi connectivity index (χ3v) is 3.84. The first kappa shape index (κ1) is 11.4. The zero-order valence-electron chi connectivity index (χ0n) is 8.65. The Kier molecular flexibility index (Phi) is 2.29. The van der Waals surface area contributed by atoms with Crippen molar-refractivity contribution in [2.75, 3.05) is 0 Å². The summed E-state index contributed by atoms with van der Waals surface area (Å²) in [6, 6.07) is 4.16. The lowest BCUT2D eigenvalue weighted by molar-refractivity contribution is 0.00954. The monoisotopic (exact) mass is 260 g/mol. The molecule has 0 saturated heterocycles. The van der Waals surface area contributed by atoms with Crippen molar-refractivity contribution in [3.63, 3.8) is 0 Å². The highest BCUT2D eigenvalue weighted by Crippen LogP contribution is 2.37. The van der Waals surface area contributed by atoms with Gasteiger partial charge in [0.15, 0.2) is 0 Å². The summed E-state index contributed by atoms with van der Waals surface area (Å²) >= 11 is 0. The molecule has 0 atom stereocenters. The van der Waals surface area contributed by atoms with Gasteiger partial charge in [0.1, 0.15) is 5.60 Å². The molecular formula is C10H9ClO4S. The van der Waals surface area contributed by atoms with Gasteiger partial charge in [-0.3, -0.25) is 0 Å². The Hall–Kier alpha value is -1.07. The quantitative estimate of drug-likeness (QED) is 0.573. The van der Waals surface area contributed by atoms with Gasteiger partial charge in [0.05, 0.1) is 10.5 Å². The third kappa shape index (κ3) is 1.70. The number of carbonyl (C=O) groups excluding carboxylic acids is 1. The van der Waals surface area contributed by atoms with Crippen LogP contribution in [0.5, 0.6) is 0 Å². The van der Waals surface area contributed by atoms with Crippen LogP contribution >= 0.6 is 10.7 Å². The summed E-state index contributed by atoms with van der Waals surface area (Å²) in [6.45, 7) is 3.48. The van der Waals surface area contributed by atoms with Gasteiger partial charge in [0.2, 0.25) is 0 Å². The number of esters is 1. The first-order chi connectivity index (χ1) is 7.22. The summed E-state index contributed by atoms with van der Waals surface area (Å²) in [7, 11) is 1.38. The Balaban J connectivity index is 2.66. The molecule has 0 amide bonds. The summed E-state index contributed by atoms with van der Waals surface area (Å²) in [4.78, 5) is 11.4. The first-order valence-electron chi connectivity index (χ1n) is 4.54. The van der Waals surface area contributed by atoms with Crippen molar-refractivity contribution in [1.82, 2.24) is 0 Å². The summed E-state index contributed by atoms with van der Waals surface area (Å²) in [6.07, 6.45) is 0. The number of ether oxygens (including phenoxy) is 1. The van der Waals surface area contributed by atoms with E-state index in [4.69, 9.17) is 15.4 Å². The van der Waals surface area contributed by atoms with Crippen LogP contribution in [-0.4, -0.2) is 14.4 Å². The average Bonchev–Trinajstić information content (AvgIpc) is 2.36. The van der Waals surface area contributed by atoms with E-state index >= 15 is 0 Å². The van der Waals surface area contributed by atoms with Gasteiger partial charge >= 0.3 is 5.97 Å². The molecule has 0 radical (unpaired) electrons. The van der Waals surface area contributed by atoms with Crippen LogP contribution in [0, 0.1) is 0 Å². The molecule has 2 rings (SSSR count). The van der Waals surface area contributed by atoms with Gasteiger partial charge in [-0.25, -0.2) is 13.2 Å². The van der Waals surface area contributed by atoms with Gasteiger partial charge in [-0.1, -0.05) is 6.07 Å². The van der Waals surface area contributed by atoms with Gasteiger partial charge in [-0.2, -0.15) is 0 Å². The van der Waals surface area contributed by atoms with Crippen molar-refractivity contribution < 1.29 is 17.9 Å². The Morgan fingerprint density at radius 3 is 2.50 bits per heavy atom. The number of carbonyl (C=O) groups is 1. The molecule has 16 heavy (non-hydrogen) atoms. The maximum atomic E-state index is 11.5. The first-order valence-corrected chi connectivity index (χ1v) is 6.85. The molecule has 1 aliphatic heterocycles. The molecule has 0 spiro atoms. The lowest BCUT2D eigenvalue weighted by Crippen LogP contribution is -2.15. The molecule has 4 nitrogen and oxygen atoms in total. The molecule has 1 aromatic rings.